The molecule has 0 aliphatic heterocycles. The molecule has 0 atom stereocenters. The molecule has 0 spiro atoms. The van der Waals surface area contributed by atoms with E-state index in [1.54, 1.807) is 20.8 Å². The van der Waals surface area contributed by atoms with Crippen LogP contribution < -0.4 is 4.72 Å². The van der Waals surface area contributed by atoms with Crippen LogP contribution in [0.2, 0.25) is 0 Å². The van der Waals surface area contributed by atoms with Crippen LogP contribution in [0.1, 0.15) is 32.8 Å². The number of nitro benzene ring substituents is 1. The summed E-state index contributed by atoms with van der Waals surface area (Å²) in [6, 6.07) is 3.22. The van der Waals surface area contributed by atoms with Crippen molar-refractivity contribution in [3.8, 4) is 0 Å². The van der Waals surface area contributed by atoms with Gasteiger partial charge in [-0.15, -0.1) is 0 Å². The highest BCUT2D eigenvalue weighted by atomic mass is 32.2. The van der Waals surface area contributed by atoms with Crippen LogP contribution in [0.5, 0.6) is 0 Å². The smallest absolute Gasteiger partial charge is 0.258 e. The van der Waals surface area contributed by atoms with Gasteiger partial charge >= 0.3 is 10.2 Å². The molecule has 22 heavy (non-hydrogen) atoms. The highest BCUT2D eigenvalue weighted by molar-refractivity contribution is 7.88. The summed E-state index contributed by atoms with van der Waals surface area (Å²) < 4.78 is 42.5. The lowest BCUT2D eigenvalue weighted by Crippen LogP contribution is -2.39. The second-order valence-corrected chi connectivity index (χ2v) is 7.05. The van der Waals surface area contributed by atoms with Crippen LogP contribution >= 0.6 is 0 Å². The van der Waals surface area contributed by atoms with Gasteiger partial charge in [0.1, 0.15) is 5.82 Å². The maximum atomic E-state index is 13.5. The van der Waals surface area contributed by atoms with Crippen LogP contribution in [0.15, 0.2) is 22.6 Å². The van der Waals surface area contributed by atoms with Gasteiger partial charge in [0, 0.05) is 23.9 Å². The average Bonchev–Trinajstić information content (AvgIpc) is 2.33. The summed E-state index contributed by atoms with van der Waals surface area (Å²) in [6.45, 7) is 5.04. The predicted octanol–water partition coefficient (Wildman–Crippen LogP) is 2.37. The zero-order chi connectivity index (χ0) is 17.0. The standard InChI is InChI=1S/C13H18FN3O4S/c1-13(2,3)16-22(20,21)15-8-4-5-10-9-11(17(18)19)6-7-12(10)14/h6-9,16H,4-5H2,1-3H3/b15-8+. The van der Waals surface area contributed by atoms with Gasteiger partial charge in [-0.1, -0.05) is 0 Å². The first-order valence-corrected chi connectivity index (χ1v) is 7.95. The van der Waals surface area contributed by atoms with Gasteiger partial charge in [0.15, 0.2) is 0 Å². The normalized spacial score (nSPS) is 12.7. The van der Waals surface area contributed by atoms with Crippen LogP contribution in [0, 0.1) is 15.9 Å². The van der Waals surface area contributed by atoms with E-state index < -0.39 is 26.5 Å². The Labute approximate surface area is 128 Å². The van der Waals surface area contributed by atoms with Crippen LogP contribution in [0.25, 0.3) is 0 Å². The van der Waals surface area contributed by atoms with Crippen LogP contribution in [-0.2, 0) is 16.6 Å². The molecule has 1 N–H and O–H groups in total. The van der Waals surface area contributed by atoms with E-state index in [1.165, 1.54) is 0 Å². The molecular formula is C13H18FN3O4S. The van der Waals surface area contributed by atoms with Crippen molar-refractivity contribution < 1.29 is 17.7 Å². The van der Waals surface area contributed by atoms with Gasteiger partial charge < -0.3 is 0 Å². The second kappa shape index (κ2) is 6.93. The summed E-state index contributed by atoms with van der Waals surface area (Å²) in [5.41, 5.74) is -0.723. The number of aryl methyl sites for hydroxylation is 1. The molecule has 9 heteroatoms. The molecule has 0 fully saturated rings. The molecule has 0 aliphatic rings. The Balaban J connectivity index is 2.70. The Morgan fingerprint density at radius 1 is 1.41 bits per heavy atom. The number of halogens is 1. The van der Waals surface area contributed by atoms with Crippen LogP contribution in [-0.4, -0.2) is 25.1 Å². The zero-order valence-corrected chi connectivity index (χ0v) is 13.4. The number of rotatable bonds is 6. The minimum absolute atomic E-state index is 0.113. The number of nitrogens with zero attached hydrogens (tertiary/aromatic N) is 2. The third kappa shape index (κ3) is 6.27. The SMILES string of the molecule is CC(C)(C)NS(=O)(=O)/N=C/CCc1cc([N+](=O)[O-])ccc1F. The van der Waals surface area contributed by atoms with Crippen molar-refractivity contribution >= 4 is 22.1 Å². The maximum Gasteiger partial charge on any atom is 0.319 e. The van der Waals surface area contributed by atoms with Crippen LogP contribution in [0.3, 0.4) is 0 Å². The molecule has 0 aliphatic carbocycles. The van der Waals surface area contributed by atoms with Crippen molar-refractivity contribution in [2.45, 2.75) is 39.2 Å². The fourth-order valence-electron chi connectivity index (χ4n) is 1.65. The lowest BCUT2D eigenvalue weighted by molar-refractivity contribution is -0.385. The monoisotopic (exact) mass is 331 g/mol. The van der Waals surface area contributed by atoms with Gasteiger partial charge in [-0.2, -0.15) is 17.5 Å². The highest BCUT2D eigenvalue weighted by Gasteiger charge is 2.18. The largest absolute Gasteiger partial charge is 0.319 e. The third-order valence-electron chi connectivity index (χ3n) is 2.43. The zero-order valence-electron chi connectivity index (χ0n) is 12.5. The lowest BCUT2D eigenvalue weighted by Gasteiger charge is -2.17. The molecule has 0 bridgehead atoms. The minimum Gasteiger partial charge on any atom is -0.258 e. The molecule has 0 radical (unpaired) electrons. The Bertz CT molecular complexity index is 681. The number of nitrogens with one attached hydrogen (secondary N) is 1. The molecule has 0 saturated carbocycles. The van der Waals surface area contributed by atoms with Gasteiger partial charge in [-0.25, -0.2) is 4.39 Å². The van der Waals surface area contributed by atoms with E-state index in [9.17, 15) is 22.9 Å². The van der Waals surface area contributed by atoms with E-state index in [-0.39, 0.29) is 24.1 Å². The van der Waals surface area contributed by atoms with E-state index in [2.05, 4.69) is 9.12 Å². The summed E-state index contributed by atoms with van der Waals surface area (Å²) in [7, 11) is -3.81. The summed E-state index contributed by atoms with van der Waals surface area (Å²) in [4.78, 5) is 10.0. The van der Waals surface area contributed by atoms with Gasteiger partial charge in [0.05, 0.1) is 4.92 Å². The molecule has 1 aromatic carbocycles. The van der Waals surface area contributed by atoms with E-state index in [0.29, 0.717) is 0 Å². The summed E-state index contributed by atoms with van der Waals surface area (Å²) in [6.07, 6.45) is 1.40. The fourth-order valence-corrected chi connectivity index (χ4v) is 2.78. The molecule has 0 unspecified atom stereocenters. The van der Waals surface area contributed by atoms with E-state index in [1.807, 2.05) is 0 Å². The molecule has 1 rings (SSSR count). The van der Waals surface area contributed by atoms with Crippen molar-refractivity contribution in [2.75, 3.05) is 0 Å². The molecule has 122 valence electrons. The molecular weight excluding hydrogens is 313 g/mol. The molecule has 0 heterocycles. The molecule has 7 nitrogen and oxygen atoms in total. The Morgan fingerprint density at radius 2 is 2.05 bits per heavy atom. The molecule has 0 amide bonds. The Morgan fingerprint density at radius 3 is 2.59 bits per heavy atom. The average molecular weight is 331 g/mol. The summed E-state index contributed by atoms with van der Waals surface area (Å²) in [5.74, 6) is -0.574. The van der Waals surface area contributed by atoms with Crippen molar-refractivity contribution in [2.24, 2.45) is 4.40 Å². The Hall–Kier alpha value is -1.87. The van der Waals surface area contributed by atoms with E-state index in [0.717, 1.165) is 24.4 Å². The van der Waals surface area contributed by atoms with Gasteiger partial charge in [0.25, 0.3) is 5.69 Å². The van der Waals surface area contributed by atoms with E-state index in [4.69, 9.17) is 0 Å². The first-order chi connectivity index (χ1) is 10.0. The van der Waals surface area contributed by atoms with Crippen molar-refractivity contribution in [3.63, 3.8) is 0 Å². The summed E-state index contributed by atoms with van der Waals surface area (Å²) in [5, 5.41) is 10.6. The third-order valence-corrected chi connectivity index (χ3v) is 3.73. The maximum absolute atomic E-state index is 13.5. The first kappa shape index (κ1) is 18.2. The van der Waals surface area contributed by atoms with Crippen molar-refractivity contribution in [1.29, 1.82) is 0 Å². The highest BCUT2D eigenvalue weighted by Crippen LogP contribution is 2.17. The lowest BCUT2D eigenvalue weighted by atomic mass is 10.1. The van der Waals surface area contributed by atoms with Crippen molar-refractivity contribution in [1.82, 2.24) is 4.72 Å². The summed E-state index contributed by atoms with van der Waals surface area (Å²) >= 11 is 0. The molecule has 1 aromatic rings. The van der Waals surface area contributed by atoms with Crippen molar-refractivity contribution in [3.05, 3.63) is 39.7 Å². The van der Waals surface area contributed by atoms with Crippen LogP contribution in [0.4, 0.5) is 10.1 Å². The second-order valence-electron chi connectivity index (χ2n) is 5.69. The molecule has 0 saturated heterocycles. The number of benzene rings is 1. The Kier molecular flexibility index (Phi) is 5.72. The number of hydrogen-bond donors (Lipinski definition) is 1. The van der Waals surface area contributed by atoms with Gasteiger partial charge in [-0.3, -0.25) is 10.1 Å². The molecule has 0 aromatic heterocycles. The predicted molar refractivity (Wildman–Crippen MR) is 81.7 cm³/mol. The number of nitro groups is 1. The van der Waals surface area contributed by atoms with Gasteiger partial charge in [-0.05, 0) is 45.2 Å². The number of non-ortho nitro benzene ring substituents is 1. The first-order valence-electron chi connectivity index (χ1n) is 6.51. The van der Waals surface area contributed by atoms with E-state index >= 15 is 0 Å². The quantitative estimate of drug-likeness (QED) is 0.491. The number of hydrogen-bond acceptors (Lipinski definition) is 4. The fraction of sp³-hybridized carbons (Fsp3) is 0.462. The van der Waals surface area contributed by atoms with Gasteiger partial charge in [0.2, 0.25) is 0 Å². The topological polar surface area (TPSA) is 102 Å². The minimum atomic E-state index is -3.81.